The summed E-state index contributed by atoms with van der Waals surface area (Å²) in [5.41, 5.74) is 2.14. The topological polar surface area (TPSA) is 96.1 Å². The molecule has 0 unspecified atom stereocenters. The Morgan fingerprint density at radius 2 is 2.14 bits per heavy atom. The van der Waals surface area contributed by atoms with E-state index in [1.165, 1.54) is 0 Å². The number of carbonyl (C=O) groups excluding carboxylic acids is 1. The van der Waals surface area contributed by atoms with Crippen molar-refractivity contribution in [2.24, 2.45) is 7.05 Å². The van der Waals surface area contributed by atoms with Gasteiger partial charge in [-0.05, 0) is 31.2 Å². The van der Waals surface area contributed by atoms with Crippen molar-refractivity contribution in [2.75, 3.05) is 23.3 Å². The normalized spacial score (nSPS) is 19.4. The Balaban J connectivity index is 1.62. The van der Waals surface area contributed by atoms with Gasteiger partial charge in [0.2, 0.25) is 0 Å². The Morgan fingerprint density at radius 3 is 2.89 bits per heavy atom. The highest BCUT2D eigenvalue weighted by Gasteiger charge is 2.31. The number of nitriles is 1. The molecule has 142 valence electrons. The molecular formula is C20H20N6O2. The zero-order valence-corrected chi connectivity index (χ0v) is 15.7. The van der Waals surface area contributed by atoms with Crippen molar-refractivity contribution in [3.8, 4) is 6.07 Å². The minimum atomic E-state index is -0.624. The van der Waals surface area contributed by atoms with Gasteiger partial charge >= 0.3 is 0 Å². The number of morpholine rings is 1. The molecule has 3 heterocycles. The molecule has 1 aliphatic rings. The number of amides is 1. The Morgan fingerprint density at radius 1 is 1.29 bits per heavy atom. The minimum Gasteiger partial charge on any atom is -0.365 e. The van der Waals surface area contributed by atoms with E-state index in [0.717, 1.165) is 11.1 Å². The first-order chi connectivity index (χ1) is 13.6. The summed E-state index contributed by atoms with van der Waals surface area (Å²) >= 11 is 0. The SMILES string of the molecule is C[C@@H]1CN(c2ccc(C#N)c3ncccc23)C[C@H](C(=O)Nc2ccnn2C)O1. The van der Waals surface area contributed by atoms with Crippen molar-refractivity contribution in [3.05, 3.63) is 48.3 Å². The molecule has 1 amide bonds. The molecule has 0 aliphatic carbocycles. The van der Waals surface area contributed by atoms with E-state index in [4.69, 9.17) is 4.74 Å². The summed E-state index contributed by atoms with van der Waals surface area (Å²) in [4.78, 5) is 19.2. The first-order valence-electron chi connectivity index (χ1n) is 9.04. The first-order valence-corrected chi connectivity index (χ1v) is 9.04. The highest BCUT2D eigenvalue weighted by Crippen LogP contribution is 2.30. The number of carbonyl (C=O) groups is 1. The van der Waals surface area contributed by atoms with Gasteiger partial charge in [-0.15, -0.1) is 0 Å². The Hall–Kier alpha value is -3.44. The number of aryl methyl sites for hydroxylation is 1. The van der Waals surface area contributed by atoms with Crippen LogP contribution in [0.4, 0.5) is 11.5 Å². The average Bonchev–Trinajstić information content (AvgIpc) is 3.11. The van der Waals surface area contributed by atoms with Crippen LogP contribution in [0, 0.1) is 11.3 Å². The number of aromatic nitrogens is 3. The lowest BCUT2D eigenvalue weighted by Gasteiger charge is -2.38. The molecule has 28 heavy (non-hydrogen) atoms. The lowest BCUT2D eigenvalue weighted by Crippen LogP contribution is -2.51. The average molecular weight is 376 g/mol. The lowest BCUT2D eigenvalue weighted by atomic mass is 10.1. The lowest BCUT2D eigenvalue weighted by molar-refractivity contribution is -0.131. The van der Waals surface area contributed by atoms with Crippen LogP contribution in [0.1, 0.15) is 12.5 Å². The fourth-order valence-electron chi connectivity index (χ4n) is 3.52. The van der Waals surface area contributed by atoms with Crippen LogP contribution >= 0.6 is 0 Å². The van der Waals surface area contributed by atoms with Crippen molar-refractivity contribution >= 4 is 28.3 Å². The van der Waals surface area contributed by atoms with Gasteiger partial charge in [0.25, 0.3) is 5.91 Å². The molecule has 0 saturated carbocycles. The number of pyridine rings is 1. The number of nitrogens with one attached hydrogen (secondary N) is 1. The number of hydrogen-bond donors (Lipinski definition) is 1. The van der Waals surface area contributed by atoms with Crippen LogP contribution in [-0.4, -0.2) is 46.0 Å². The summed E-state index contributed by atoms with van der Waals surface area (Å²) in [7, 11) is 1.77. The summed E-state index contributed by atoms with van der Waals surface area (Å²) in [6.07, 6.45) is 2.56. The second kappa shape index (κ2) is 7.29. The Kier molecular flexibility index (Phi) is 4.67. The van der Waals surface area contributed by atoms with E-state index < -0.39 is 6.10 Å². The van der Waals surface area contributed by atoms with Crippen LogP contribution in [0.15, 0.2) is 42.7 Å². The van der Waals surface area contributed by atoms with Crippen molar-refractivity contribution < 1.29 is 9.53 Å². The second-order valence-electron chi connectivity index (χ2n) is 6.81. The van der Waals surface area contributed by atoms with Gasteiger partial charge in [-0.1, -0.05) is 0 Å². The summed E-state index contributed by atoms with van der Waals surface area (Å²) in [6, 6.07) is 11.4. The van der Waals surface area contributed by atoms with E-state index in [0.29, 0.717) is 30.0 Å². The third-order valence-corrected chi connectivity index (χ3v) is 4.83. The standard InChI is InChI=1S/C20H20N6O2/c1-13-11-26(12-17(28-13)20(27)24-18-7-9-23-25(18)2)16-6-5-14(10-21)19-15(16)4-3-8-22-19/h3-9,13,17H,11-12H2,1-2H3,(H,24,27)/t13-,17-/m1/s1. The maximum Gasteiger partial charge on any atom is 0.256 e. The third-order valence-electron chi connectivity index (χ3n) is 4.83. The highest BCUT2D eigenvalue weighted by molar-refractivity contribution is 5.97. The van der Waals surface area contributed by atoms with Crippen LogP contribution in [0.2, 0.25) is 0 Å². The van der Waals surface area contributed by atoms with Gasteiger partial charge in [0.1, 0.15) is 11.9 Å². The summed E-state index contributed by atoms with van der Waals surface area (Å²) < 4.78 is 7.49. The molecule has 1 aromatic carbocycles. The number of nitrogens with zero attached hydrogens (tertiary/aromatic N) is 5. The molecule has 1 fully saturated rings. The minimum absolute atomic E-state index is 0.126. The number of fused-ring (bicyclic) bond motifs is 1. The van der Waals surface area contributed by atoms with Gasteiger partial charge in [0.05, 0.1) is 29.9 Å². The van der Waals surface area contributed by atoms with Crippen molar-refractivity contribution in [1.29, 1.82) is 5.26 Å². The predicted octanol–water partition coefficient (Wildman–Crippen LogP) is 2.07. The quantitative estimate of drug-likeness (QED) is 0.752. The van der Waals surface area contributed by atoms with Gasteiger partial charge in [-0.3, -0.25) is 14.5 Å². The van der Waals surface area contributed by atoms with E-state index >= 15 is 0 Å². The summed E-state index contributed by atoms with van der Waals surface area (Å²) in [5.74, 6) is 0.405. The molecule has 3 aromatic rings. The molecular weight excluding hydrogens is 356 g/mol. The van der Waals surface area contributed by atoms with Crippen molar-refractivity contribution in [1.82, 2.24) is 14.8 Å². The van der Waals surface area contributed by atoms with E-state index in [2.05, 4.69) is 26.4 Å². The van der Waals surface area contributed by atoms with Crippen LogP contribution < -0.4 is 10.2 Å². The van der Waals surface area contributed by atoms with E-state index in [-0.39, 0.29) is 12.0 Å². The number of ether oxygens (including phenoxy) is 1. The van der Waals surface area contributed by atoms with Crippen LogP contribution in [0.3, 0.4) is 0 Å². The molecule has 8 heteroatoms. The van der Waals surface area contributed by atoms with Gasteiger partial charge in [-0.2, -0.15) is 10.4 Å². The molecule has 4 rings (SSSR count). The Bertz CT molecular complexity index is 1070. The first kappa shape index (κ1) is 17.9. The maximum absolute atomic E-state index is 12.7. The number of anilines is 2. The number of rotatable bonds is 3. The molecule has 2 atom stereocenters. The molecule has 2 aromatic heterocycles. The molecule has 1 N–H and O–H groups in total. The van der Waals surface area contributed by atoms with E-state index in [1.54, 1.807) is 36.3 Å². The highest BCUT2D eigenvalue weighted by atomic mass is 16.5. The molecule has 1 aliphatic heterocycles. The van der Waals surface area contributed by atoms with E-state index in [1.807, 2.05) is 25.1 Å². The molecule has 8 nitrogen and oxygen atoms in total. The third kappa shape index (κ3) is 3.28. The van der Waals surface area contributed by atoms with Crippen LogP contribution in [-0.2, 0) is 16.6 Å². The van der Waals surface area contributed by atoms with Gasteiger partial charge < -0.3 is 15.0 Å². The van der Waals surface area contributed by atoms with Crippen LogP contribution in [0.25, 0.3) is 10.9 Å². The Labute approximate surface area is 162 Å². The van der Waals surface area contributed by atoms with E-state index in [9.17, 15) is 10.1 Å². The van der Waals surface area contributed by atoms with Crippen molar-refractivity contribution in [3.63, 3.8) is 0 Å². The predicted molar refractivity (Wildman–Crippen MR) is 105 cm³/mol. The van der Waals surface area contributed by atoms with Gasteiger partial charge in [0, 0.05) is 36.9 Å². The number of hydrogen-bond acceptors (Lipinski definition) is 6. The monoisotopic (exact) mass is 376 g/mol. The van der Waals surface area contributed by atoms with Crippen LogP contribution in [0.5, 0.6) is 0 Å². The fourth-order valence-corrected chi connectivity index (χ4v) is 3.52. The summed E-state index contributed by atoms with van der Waals surface area (Å²) in [6.45, 7) is 3.00. The zero-order valence-electron chi connectivity index (χ0n) is 15.7. The largest absolute Gasteiger partial charge is 0.365 e. The molecule has 0 spiro atoms. The van der Waals surface area contributed by atoms with Gasteiger partial charge in [0.15, 0.2) is 6.10 Å². The molecule has 1 saturated heterocycles. The maximum atomic E-state index is 12.7. The fraction of sp³-hybridized carbons (Fsp3) is 0.300. The van der Waals surface area contributed by atoms with Crippen molar-refractivity contribution in [2.45, 2.75) is 19.1 Å². The molecule has 0 bridgehead atoms. The number of benzene rings is 1. The smallest absolute Gasteiger partial charge is 0.256 e. The van der Waals surface area contributed by atoms with Gasteiger partial charge in [-0.25, -0.2) is 0 Å². The molecule has 0 radical (unpaired) electrons. The second-order valence-corrected chi connectivity index (χ2v) is 6.81. The summed E-state index contributed by atoms with van der Waals surface area (Å²) in [5, 5.41) is 17.2. The zero-order chi connectivity index (χ0) is 19.7.